The van der Waals surface area contributed by atoms with Crippen LogP contribution in [-0.2, 0) is 20.0 Å². The number of aromatic nitrogens is 4. The van der Waals surface area contributed by atoms with E-state index in [1.165, 1.54) is 0 Å². The maximum atomic E-state index is 12.5. The Morgan fingerprint density at radius 1 is 1.44 bits per heavy atom. The van der Waals surface area contributed by atoms with E-state index in [0.29, 0.717) is 22.4 Å². The Morgan fingerprint density at radius 3 is 2.67 bits per heavy atom. The van der Waals surface area contributed by atoms with Crippen molar-refractivity contribution >= 4 is 21.7 Å². The molecule has 6 heteroatoms. The van der Waals surface area contributed by atoms with Gasteiger partial charge in [0.1, 0.15) is 11.4 Å². The molecule has 0 saturated heterocycles. The molecule has 2 heterocycles. The van der Waals surface area contributed by atoms with Crippen molar-refractivity contribution in [2.45, 2.75) is 26.8 Å². The zero-order valence-corrected chi connectivity index (χ0v) is 12.2. The summed E-state index contributed by atoms with van der Waals surface area (Å²) in [5.41, 5.74) is 2.09. The topological polar surface area (TPSA) is 52.7 Å². The lowest BCUT2D eigenvalue weighted by Gasteiger charge is -2.04. The minimum atomic E-state index is -0.0593. The van der Waals surface area contributed by atoms with E-state index in [9.17, 15) is 4.79 Å². The van der Waals surface area contributed by atoms with Gasteiger partial charge >= 0.3 is 0 Å². The molecule has 0 N–H and O–H groups in total. The van der Waals surface area contributed by atoms with E-state index in [1.54, 1.807) is 22.6 Å². The molecule has 0 aliphatic heterocycles. The standard InChI is InChI=1S/C12H15BrN4O/c1-4-8-6-10(17(5-2)15-8)12(18)11-9(13)7-14-16(11)3/h6-7H,4-5H2,1-3H3. The summed E-state index contributed by atoms with van der Waals surface area (Å²) in [6.07, 6.45) is 2.44. The van der Waals surface area contributed by atoms with Crippen LogP contribution >= 0.6 is 15.9 Å². The molecule has 0 atom stereocenters. The zero-order valence-electron chi connectivity index (χ0n) is 10.6. The molecule has 0 unspecified atom stereocenters. The minimum absolute atomic E-state index is 0.0593. The molecule has 2 aromatic rings. The molecule has 2 aromatic heterocycles. The molecule has 5 nitrogen and oxygen atoms in total. The SMILES string of the molecule is CCc1cc(C(=O)c2c(Br)cnn2C)n(CC)n1. The normalized spacial score (nSPS) is 10.9. The van der Waals surface area contributed by atoms with Crippen molar-refractivity contribution in [1.82, 2.24) is 19.6 Å². The summed E-state index contributed by atoms with van der Waals surface area (Å²) in [6, 6.07) is 1.85. The van der Waals surface area contributed by atoms with E-state index in [0.717, 1.165) is 12.1 Å². The number of carbonyl (C=O) groups is 1. The van der Waals surface area contributed by atoms with E-state index < -0.39 is 0 Å². The molecule has 0 amide bonds. The third-order valence-electron chi connectivity index (χ3n) is 2.83. The van der Waals surface area contributed by atoms with Crippen LogP contribution in [0.2, 0.25) is 0 Å². The quantitative estimate of drug-likeness (QED) is 0.813. The molecule has 0 spiro atoms. The zero-order chi connectivity index (χ0) is 13.3. The molecule has 0 saturated carbocycles. The lowest BCUT2D eigenvalue weighted by molar-refractivity contribution is 0.101. The van der Waals surface area contributed by atoms with Gasteiger partial charge in [-0.15, -0.1) is 0 Å². The van der Waals surface area contributed by atoms with Crippen LogP contribution in [0.1, 0.15) is 35.7 Å². The maximum Gasteiger partial charge on any atom is 0.230 e. The lowest BCUT2D eigenvalue weighted by atomic mass is 10.2. The van der Waals surface area contributed by atoms with Gasteiger partial charge in [-0.2, -0.15) is 10.2 Å². The molecule has 0 radical (unpaired) electrons. The first-order valence-electron chi connectivity index (χ1n) is 5.87. The van der Waals surface area contributed by atoms with Crippen molar-refractivity contribution in [2.24, 2.45) is 7.05 Å². The fraction of sp³-hybridized carbons (Fsp3) is 0.417. The van der Waals surface area contributed by atoms with Crippen molar-refractivity contribution in [3.05, 3.63) is 33.8 Å². The Labute approximate surface area is 114 Å². The highest BCUT2D eigenvalue weighted by Gasteiger charge is 2.21. The number of halogens is 1. The molecular weight excluding hydrogens is 296 g/mol. The summed E-state index contributed by atoms with van der Waals surface area (Å²) in [7, 11) is 1.76. The number of nitrogens with zero attached hydrogens (tertiary/aromatic N) is 4. The van der Waals surface area contributed by atoms with Gasteiger partial charge in [-0.05, 0) is 35.3 Å². The smallest absolute Gasteiger partial charge is 0.230 e. The number of aryl methyl sites for hydroxylation is 3. The number of ketones is 1. The predicted octanol–water partition coefficient (Wildman–Crippen LogP) is 2.19. The summed E-state index contributed by atoms with van der Waals surface area (Å²) in [5.74, 6) is -0.0593. The third-order valence-corrected chi connectivity index (χ3v) is 3.41. The molecular formula is C12H15BrN4O. The summed E-state index contributed by atoms with van der Waals surface area (Å²) in [6.45, 7) is 4.68. The number of hydrogen-bond donors (Lipinski definition) is 0. The Bertz CT molecular complexity index is 565. The minimum Gasteiger partial charge on any atom is -0.285 e. The Kier molecular flexibility index (Phi) is 3.65. The molecule has 2 rings (SSSR count). The van der Waals surface area contributed by atoms with Crippen LogP contribution in [0.15, 0.2) is 16.7 Å². The van der Waals surface area contributed by atoms with Gasteiger partial charge in [-0.1, -0.05) is 6.92 Å². The monoisotopic (exact) mass is 310 g/mol. The van der Waals surface area contributed by atoms with Crippen LogP contribution in [0.3, 0.4) is 0 Å². The van der Waals surface area contributed by atoms with Gasteiger partial charge in [0.25, 0.3) is 0 Å². The Balaban J connectivity index is 2.49. The molecule has 0 bridgehead atoms. The van der Waals surface area contributed by atoms with Crippen LogP contribution in [-0.4, -0.2) is 25.3 Å². The molecule has 96 valence electrons. The first-order valence-corrected chi connectivity index (χ1v) is 6.66. The van der Waals surface area contributed by atoms with Crippen molar-refractivity contribution in [3.8, 4) is 0 Å². The number of rotatable bonds is 4. The second kappa shape index (κ2) is 5.06. The van der Waals surface area contributed by atoms with Crippen LogP contribution in [0.5, 0.6) is 0 Å². The molecule has 0 fully saturated rings. The highest BCUT2D eigenvalue weighted by molar-refractivity contribution is 9.10. The first-order chi connectivity index (χ1) is 8.58. The van der Waals surface area contributed by atoms with Gasteiger partial charge in [0, 0.05) is 13.6 Å². The molecule has 0 aliphatic carbocycles. The first kappa shape index (κ1) is 13.0. The van der Waals surface area contributed by atoms with Gasteiger partial charge in [0.05, 0.1) is 16.4 Å². The van der Waals surface area contributed by atoms with Crippen molar-refractivity contribution in [3.63, 3.8) is 0 Å². The summed E-state index contributed by atoms with van der Waals surface area (Å²) in [5, 5.41) is 8.45. The number of hydrogen-bond acceptors (Lipinski definition) is 3. The van der Waals surface area contributed by atoms with Crippen LogP contribution in [0, 0.1) is 0 Å². The van der Waals surface area contributed by atoms with Crippen LogP contribution < -0.4 is 0 Å². The fourth-order valence-corrected chi connectivity index (χ4v) is 2.38. The second-order valence-electron chi connectivity index (χ2n) is 3.98. The highest BCUT2D eigenvalue weighted by atomic mass is 79.9. The maximum absolute atomic E-state index is 12.5. The van der Waals surface area contributed by atoms with E-state index in [2.05, 4.69) is 26.1 Å². The van der Waals surface area contributed by atoms with E-state index >= 15 is 0 Å². The van der Waals surface area contributed by atoms with E-state index in [1.807, 2.05) is 19.9 Å². The molecule has 0 aliphatic rings. The second-order valence-corrected chi connectivity index (χ2v) is 4.84. The number of carbonyl (C=O) groups excluding carboxylic acids is 1. The van der Waals surface area contributed by atoms with Crippen LogP contribution in [0.25, 0.3) is 0 Å². The molecule has 18 heavy (non-hydrogen) atoms. The summed E-state index contributed by atoms with van der Waals surface area (Å²) < 4.78 is 4.02. The average molecular weight is 311 g/mol. The van der Waals surface area contributed by atoms with E-state index in [4.69, 9.17) is 0 Å². The van der Waals surface area contributed by atoms with Gasteiger partial charge in [-0.25, -0.2) is 0 Å². The van der Waals surface area contributed by atoms with Crippen molar-refractivity contribution in [2.75, 3.05) is 0 Å². The summed E-state index contributed by atoms with van der Waals surface area (Å²) >= 11 is 3.35. The largest absolute Gasteiger partial charge is 0.285 e. The molecule has 0 aromatic carbocycles. The Morgan fingerprint density at radius 2 is 2.17 bits per heavy atom. The Hall–Kier alpha value is -1.43. The highest BCUT2D eigenvalue weighted by Crippen LogP contribution is 2.19. The summed E-state index contributed by atoms with van der Waals surface area (Å²) in [4.78, 5) is 12.5. The average Bonchev–Trinajstić information content (AvgIpc) is 2.92. The lowest BCUT2D eigenvalue weighted by Crippen LogP contribution is -2.14. The van der Waals surface area contributed by atoms with Crippen molar-refractivity contribution < 1.29 is 4.79 Å². The van der Waals surface area contributed by atoms with Crippen LogP contribution in [0.4, 0.5) is 0 Å². The third kappa shape index (κ3) is 2.12. The van der Waals surface area contributed by atoms with Gasteiger partial charge in [0.2, 0.25) is 5.78 Å². The van der Waals surface area contributed by atoms with Gasteiger partial charge < -0.3 is 0 Å². The van der Waals surface area contributed by atoms with E-state index in [-0.39, 0.29) is 5.78 Å². The fourth-order valence-electron chi connectivity index (χ4n) is 1.85. The predicted molar refractivity (Wildman–Crippen MR) is 71.6 cm³/mol. The van der Waals surface area contributed by atoms with Gasteiger partial charge in [0.15, 0.2) is 0 Å². The van der Waals surface area contributed by atoms with Crippen molar-refractivity contribution in [1.29, 1.82) is 0 Å². The van der Waals surface area contributed by atoms with Gasteiger partial charge in [-0.3, -0.25) is 14.2 Å².